The summed E-state index contributed by atoms with van der Waals surface area (Å²) in [6.45, 7) is 8.94. The molecule has 0 aliphatic heterocycles. The van der Waals surface area contributed by atoms with Crippen molar-refractivity contribution in [3.63, 3.8) is 0 Å². The van der Waals surface area contributed by atoms with Gasteiger partial charge < -0.3 is 15.3 Å². The number of aliphatic hydroxyl groups is 3. The first-order chi connectivity index (χ1) is 10.7. The van der Waals surface area contributed by atoms with Gasteiger partial charge in [-0.05, 0) is 68.6 Å². The van der Waals surface area contributed by atoms with Crippen LogP contribution in [0.2, 0.25) is 0 Å². The maximum atomic E-state index is 8.64. The summed E-state index contributed by atoms with van der Waals surface area (Å²) in [5, 5.41) is 25.9. The number of allylic oxidation sites excluding steroid dienone is 6. The average molecular weight is 641 g/mol. The van der Waals surface area contributed by atoms with Gasteiger partial charge in [0.25, 0.3) is 0 Å². The van der Waals surface area contributed by atoms with Gasteiger partial charge in [0.05, 0.1) is 20.8 Å². The molecule has 1 radical (unpaired) electrons. The van der Waals surface area contributed by atoms with E-state index in [1.165, 1.54) is 41.5 Å². The fourth-order valence-electron chi connectivity index (χ4n) is 0.785. The number of aliphatic hydroxyl groups excluding tert-OH is 3. The van der Waals surface area contributed by atoms with Gasteiger partial charge >= 0.3 is 36.8 Å². The van der Waals surface area contributed by atoms with Crippen LogP contribution in [0.5, 0.6) is 0 Å². The van der Waals surface area contributed by atoms with Crippen LogP contribution in [0.15, 0.2) is 30.7 Å². The maximum Gasteiger partial charge on any atom is 3.00 e. The zero-order chi connectivity index (χ0) is 20.2. The molecule has 0 saturated heterocycles. The summed E-state index contributed by atoms with van der Waals surface area (Å²) in [6, 6.07) is 0. The Labute approximate surface area is 185 Å². The third-order valence-electron chi connectivity index (χ3n) is 1.91. The maximum absolute atomic E-state index is 8.64. The van der Waals surface area contributed by atoms with Crippen LogP contribution in [-0.2, 0) is 19.5 Å². The van der Waals surface area contributed by atoms with Crippen LogP contribution in [0.25, 0.3) is 0 Å². The number of ketones is 3. The Bertz CT molecular complexity index is 487. The van der Waals surface area contributed by atoms with Crippen molar-refractivity contribution in [1.82, 2.24) is 0 Å². The van der Waals surface area contributed by atoms with E-state index in [2.05, 4.69) is 47.8 Å². The van der Waals surface area contributed by atoms with Crippen molar-refractivity contribution in [2.45, 2.75) is 41.5 Å². The van der Waals surface area contributed by atoms with Gasteiger partial charge in [0.1, 0.15) is 17.3 Å². The Kier molecular flexibility index (Phi) is 22.2. The minimum absolute atomic E-state index is 0. The SMILES string of the molecule is CC(=[OH+])/C(Br)=C(/C)O.CC(=[OH+])/C(Br)=C(/C)O.CC(=[OH+])/C(Br)=C(/C)O.[Ru+3]. The summed E-state index contributed by atoms with van der Waals surface area (Å²) in [6.07, 6.45) is 0. The smallest absolute Gasteiger partial charge is 0.511 e. The van der Waals surface area contributed by atoms with E-state index in [0.717, 1.165) is 0 Å². The molecule has 6 nitrogen and oxygen atoms in total. The summed E-state index contributed by atoms with van der Waals surface area (Å²) >= 11 is 8.85. The first kappa shape index (κ1) is 32.4. The summed E-state index contributed by atoms with van der Waals surface area (Å²) in [5.74, 6) is 0.528. The van der Waals surface area contributed by atoms with Crippen LogP contribution in [-0.4, -0.2) is 47.1 Å². The molecule has 0 aromatic rings. The van der Waals surface area contributed by atoms with Crippen LogP contribution in [0.4, 0.5) is 0 Å². The molecule has 0 aliphatic rings. The van der Waals surface area contributed by atoms with E-state index in [1.54, 1.807) is 0 Å². The second-order valence-electron chi connectivity index (χ2n) is 4.45. The Morgan fingerprint density at radius 1 is 0.520 bits per heavy atom. The van der Waals surface area contributed by atoms with Crippen LogP contribution in [0, 0.1) is 0 Å². The molecule has 0 amide bonds. The molecule has 0 saturated carbocycles. The first-order valence-corrected chi connectivity index (χ1v) is 8.79. The molecule has 6 N–H and O–H groups in total. The Balaban J connectivity index is -0.000000130. The minimum atomic E-state index is 0. The van der Waals surface area contributed by atoms with Gasteiger partial charge in [0.2, 0.25) is 0 Å². The van der Waals surface area contributed by atoms with E-state index in [4.69, 9.17) is 29.7 Å². The van der Waals surface area contributed by atoms with Gasteiger partial charge in [0.15, 0.2) is 13.4 Å². The van der Waals surface area contributed by atoms with Gasteiger partial charge in [-0.2, -0.15) is 0 Å². The number of hydrogen-bond donors (Lipinski definition) is 3. The fraction of sp³-hybridized carbons (Fsp3) is 0.400. The van der Waals surface area contributed by atoms with Crippen molar-refractivity contribution in [2.24, 2.45) is 0 Å². The predicted octanol–water partition coefficient (Wildman–Crippen LogP) is 5.20. The molecule has 0 heterocycles. The molecule has 0 rings (SSSR count). The van der Waals surface area contributed by atoms with Gasteiger partial charge in [-0.15, -0.1) is 0 Å². The molecule has 25 heavy (non-hydrogen) atoms. The van der Waals surface area contributed by atoms with E-state index in [-0.39, 0.29) is 54.1 Å². The zero-order valence-corrected chi connectivity index (χ0v) is 21.2. The van der Waals surface area contributed by atoms with Gasteiger partial charge in [-0.3, -0.25) is 14.4 Å². The molecule has 0 unspecified atom stereocenters. The quantitative estimate of drug-likeness (QED) is 0.170. The topological polar surface area (TPSA) is 125 Å². The number of rotatable bonds is 3. The Morgan fingerprint density at radius 2 is 0.640 bits per heavy atom. The minimum Gasteiger partial charge on any atom is -0.511 e. The summed E-state index contributed by atoms with van der Waals surface area (Å²) in [5.41, 5.74) is 0. The fourth-order valence-corrected chi connectivity index (χ4v) is 0.785. The molecule has 143 valence electrons. The molecule has 10 heteroatoms. The number of halogens is 3. The summed E-state index contributed by atoms with van der Waals surface area (Å²) in [7, 11) is 0. The Morgan fingerprint density at radius 3 is 0.640 bits per heavy atom. The molecular weight excluding hydrogens is 617 g/mol. The van der Waals surface area contributed by atoms with E-state index < -0.39 is 0 Å². The van der Waals surface area contributed by atoms with Crippen molar-refractivity contribution in [1.29, 1.82) is 0 Å². The normalized spacial score (nSPS) is 12.4. The van der Waals surface area contributed by atoms with Gasteiger partial charge in [0, 0.05) is 0 Å². The van der Waals surface area contributed by atoms with E-state index in [1.807, 2.05) is 0 Å². The van der Waals surface area contributed by atoms with E-state index in [0.29, 0.717) is 13.4 Å². The molecule has 0 aromatic carbocycles. The molecule has 0 bridgehead atoms. The summed E-state index contributed by atoms with van der Waals surface area (Å²) < 4.78 is 1.08. The third kappa shape index (κ3) is 19.9. The second-order valence-corrected chi connectivity index (χ2v) is 6.83. The van der Waals surface area contributed by atoms with Crippen LogP contribution in [0.1, 0.15) is 41.5 Å². The van der Waals surface area contributed by atoms with Gasteiger partial charge in [-0.25, -0.2) is 0 Å². The van der Waals surface area contributed by atoms with Crippen molar-refractivity contribution in [3.05, 3.63) is 30.7 Å². The van der Waals surface area contributed by atoms with Crippen molar-refractivity contribution >= 4 is 65.1 Å². The monoisotopic (exact) mass is 639 g/mol. The number of carbonyl (C=O) groups excluding carboxylic acids is 3. The van der Waals surface area contributed by atoms with Crippen LogP contribution >= 0.6 is 47.8 Å². The second kappa shape index (κ2) is 17.1. The molecule has 0 spiro atoms. The van der Waals surface area contributed by atoms with Crippen molar-refractivity contribution in [2.75, 3.05) is 0 Å². The molecule has 0 atom stereocenters. The van der Waals surface area contributed by atoms with Gasteiger partial charge in [-0.1, -0.05) is 0 Å². The van der Waals surface area contributed by atoms with Crippen molar-refractivity contribution < 1.29 is 49.2 Å². The largest absolute Gasteiger partial charge is 3.00 e. The standard InChI is InChI=1S/3C5H7BrO2.Ru/c3*1-3(7)5(6)4(2)8;/h3*7H,1-2H3;/q;;;+3/p+3/b3*5-3+;. The Hall–Kier alpha value is -0.307. The van der Waals surface area contributed by atoms with E-state index in [9.17, 15) is 0 Å². The molecule has 0 aliphatic carbocycles. The average Bonchev–Trinajstić information content (AvgIpc) is 2.45. The van der Waals surface area contributed by atoms with Crippen molar-refractivity contribution in [3.8, 4) is 0 Å². The third-order valence-corrected chi connectivity index (χ3v) is 5.35. The summed E-state index contributed by atoms with van der Waals surface area (Å²) in [4.78, 5) is 25.9. The molecule has 0 aromatic heterocycles. The van der Waals surface area contributed by atoms with Crippen LogP contribution < -0.4 is 0 Å². The first-order valence-electron chi connectivity index (χ1n) is 6.41. The van der Waals surface area contributed by atoms with Crippen LogP contribution in [0.3, 0.4) is 0 Å². The predicted molar refractivity (Wildman–Crippen MR) is 111 cm³/mol. The van der Waals surface area contributed by atoms with E-state index >= 15 is 0 Å². The molecular formula is C15H24Br3O6Ru+6. The number of hydrogen-bond acceptors (Lipinski definition) is 3. The molecule has 0 fully saturated rings. The zero-order valence-electron chi connectivity index (χ0n) is 14.7.